The highest BCUT2D eigenvalue weighted by Crippen LogP contribution is 2.28. The fourth-order valence-electron chi connectivity index (χ4n) is 2.12. The molecule has 2 heteroatoms. The lowest BCUT2D eigenvalue weighted by Crippen LogP contribution is -2.24. The first-order chi connectivity index (χ1) is 6.34. The van der Waals surface area contributed by atoms with Crippen LogP contribution in [-0.2, 0) is 0 Å². The molecule has 13 heavy (non-hydrogen) atoms. The zero-order valence-electron chi connectivity index (χ0n) is 8.67. The quantitative estimate of drug-likeness (QED) is 0.691. The zero-order valence-corrected chi connectivity index (χ0v) is 9.48. The van der Waals surface area contributed by atoms with E-state index in [0.717, 1.165) is 6.42 Å². The zero-order chi connectivity index (χ0) is 9.52. The van der Waals surface area contributed by atoms with Crippen molar-refractivity contribution in [3.8, 4) is 0 Å². The lowest BCUT2D eigenvalue weighted by atomic mass is 9.84. The van der Waals surface area contributed by atoms with E-state index < -0.39 is 0 Å². The van der Waals surface area contributed by atoms with E-state index in [2.05, 4.69) is 6.92 Å². The summed E-state index contributed by atoms with van der Waals surface area (Å²) in [5, 5.41) is 9.72. The largest absolute Gasteiger partial charge is 0.393 e. The Labute approximate surface area is 86.3 Å². The van der Waals surface area contributed by atoms with Gasteiger partial charge in [-0.2, -0.15) is 11.8 Å². The third kappa shape index (κ3) is 4.37. The predicted octanol–water partition coefficient (Wildman–Crippen LogP) is 3.07. The SMILES string of the molecule is CCSCCCC1CCCCC1O. The fourth-order valence-corrected chi connectivity index (χ4v) is 2.78. The number of rotatable bonds is 5. The lowest BCUT2D eigenvalue weighted by Gasteiger charge is -2.27. The van der Waals surface area contributed by atoms with Crippen molar-refractivity contribution in [1.29, 1.82) is 0 Å². The molecular formula is C11H22OS. The highest BCUT2D eigenvalue weighted by molar-refractivity contribution is 7.99. The van der Waals surface area contributed by atoms with Gasteiger partial charge >= 0.3 is 0 Å². The van der Waals surface area contributed by atoms with E-state index in [0.29, 0.717) is 5.92 Å². The molecule has 0 saturated heterocycles. The summed E-state index contributed by atoms with van der Waals surface area (Å²) in [6.07, 6.45) is 7.43. The van der Waals surface area contributed by atoms with Crippen LogP contribution in [0.3, 0.4) is 0 Å². The van der Waals surface area contributed by atoms with Gasteiger partial charge in [0.1, 0.15) is 0 Å². The van der Waals surface area contributed by atoms with Gasteiger partial charge in [-0.05, 0) is 43.1 Å². The molecule has 1 fully saturated rings. The van der Waals surface area contributed by atoms with Crippen molar-refractivity contribution < 1.29 is 5.11 Å². The molecule has 0 amide bonds. The first-order valence-corrected chi connectivity index (χ1v) is 6.76. The molecule has 78 valence electrons. The number of hydrogen-bond donors (Lipinski definition) is 1. The van der Waals surface area contributed by atoms with Gasteiger partial charge in [-0.3, -0.25) is 0 Å². The molecule has 1 saturated carbocycles. The smallest absolute Gasteiger partial charge is 0.0568 e. The standard InChI is InChI=1S/C11H22OS/c1-2-13-9-5-7-10-6-3-4-8-11(10)12/h10-12H,2-9H2,1H3. The van der Waals surface area contributed by atoms with Gasteiger partial charge in [-0.1, -0.05) is 19.8 Å². The Bertz CT molecular complexity index is 127. The summed E-state index contributed by atoms with van der Waals surface area (Å²) in [4.78, 5) is 0. The number of aliphatic hydroxyl groups excluding tert-OH is 1. The Morgan fingerprint density at radius 2 is 2.08 bits per heavy atom. The summed E-state index contributed by atoms with van der Waals surface area (Å²) in [7, 11) is 0. The number of hydrogen-bond acceptors (Lipinski definition) is 2. The van der Waals surface area contributed by atoms with Crippen LogP contribution in [0.4, 0.5) is 0 Å². The van der Waals surface area contributed by atoms with Crippen molar-refractivity contribution in [3.05, 3.63) is 0 Å². The van der Waals surface area contributed by atoms with E-state index in [1.54, 1.807) is 0 Å². The third-order valence-electron chi connectivity index (χ3n) is 2.94. The predicted molar refractivity (Wildman–Crippen MR) is 60.2 cm³/mol. The maximum Gasteiger partial charge on any atom is 0.0568 e. The molecule has 1 N–H and O–H groups in total. The van der Waals surface area contributed by atoms with Crippen molar-refractivity contribution in [3.63, 3.8) is 0 Å². The van der Waals surface area contributed by atoms with Crippen LogP contribution in [0, 0.1) is 5.92 Å². The van der Waals surface area contributed by atoms with Crippen LogP contribution in [-0.4, -0.2) is 22.7 Å². The van der Waals surface area contributed by atoms with Crippen LogP contribution in [0.25, 0.3) is 0 Å². The van der Waals surface area contributed by atoms with E-state index in [4.69, 9.17) is 0 Å². The molecule has 0 aliphatic heterocycles. The Kier molecular flexibility index (Phi) is 5.88. The summed E-state index contributed by atoms with van der Waals surface area (Å²) < 4.78 is 0. The summed E-state index contributed by atoms with van der Waals surface area (Å²) in [5.74, 6) is 3.12. The highest BCUT2D eigenvalue weighted by Gasteiger charge is 2.21. The molecule has 0 radical (unpaired) electrons. The Balaban J connectivity index is 2.05. The van der Waals surface area contributed by atoms with E-state index in [9.17, 15) is 5.11 Å². The van der Waals surface area contributed by atoms with E-state index in [-0.39, 0.29) is 6.10 Å². The minimum atomic E-state index is 0.0142. The third-order valence-corrected chi connectivity index (χ3v) is 3.92. The molecule has 2 atom stereocenters. The second kappa shape index (κ2) is 6.72. The van der Waals surface area contributed by atoms with Crippen LogP contribution in [0.15, 0.2) is 0 Å². The summed E-state index contributed by atoms with van der Waals surface area (Å²) in [6.45, 7) is 2.21. The summed E-state index contributed by atoms with van der Waals surface area (Å²) >= 11 is 2.02. The number of thioether (sulfide) groups is 1. The van der Waals surface area contributed by atoms with Crippen molar-refractivity contribution in [2.75, 3.05) is 11.5 Å². The molecule has 0 spiro atoms. The molecule has 1 aliphatic rings. The lowest BCUT2D eigenvalue weighted by molar-refractivity contribution is 0.0651. The Hall–Kier alpha value is 0.310. The minimum Gasteiger partial charge on any atom is -0.393 e. The summed E-state index contributed by atoms with van der Waals surface area (Å²) in [5.41, 5.74) is 0. The first kappa shape index (κ1) is 11.4. The van der Waals surface area contributed by atoms with Gasteiger partial charge < -0.3 is 5.11 Å². The average molecular weight is 202 g/mol. The van der Waals surface area contributed by atoms with Crippen LogP contribution >= 0.6 is 11.8 Å². The molecule has 1 nitrogen and oxygen atoms in total. The molecule has 0 aromatic heterocycles. The van der Waals surface area contributed by atoms with Gasteiger partial charge in [0.2, 0.25) is 0 Å². The second-order valence-electron chi connectivity index (χ2n) is 3.95. The first-order valence-electron chi connectivity index (χ1n) is 5.60. The van der Waals surface area contributed by atoms with Crippen molar-refractivity contribution >= 4 is 11.8 Å². The normalized spacial score (nSPS) is 29.1. The highest BCUT2D eigenvalue weighted by atomic mass is 32.2. The Morgan fingerprint density at radius 1 is 1.31 bits per heavy atom. The fraction of sp³-hybridized carbons (Fsp3) is 1.00. The molecule has 0 aromatic rings. The van der Waals surface area contributed by atoms with Crippen molar-refractivity contribution in [2.45, 2.75) is 51.6 Å². The maximum atomic E-state index is 9.72. The van der Waals surface area contributed by atoms with Gasteiger partial charge in [-0.25, -0.2) is 0 Å². The molecule has 0 heterocycles. The van der Waals surface area contributed by atoms with Crippen LogP contribution in [0.5, 0.6) is 0 Å². The van der Waals surface area contributed by atoms with Crippen LogP contribution < -0.4 is 0 Å². The molecule has 1 rings (SSSR count). The van der Waals surface area contributed by atoms with E-state index in [1.165, 1.54) is 43.6 Å². The van der Waals surface area contributed by atoms with Gasteiger partial charge in [0.05, 0.1) is 6.10 Å². The van der Waals surface area contributed by atoms with E-state index in [1.807, 2.05) is 11.8 Å². The molecule has 0 bridgehead atoms. The van der Waals surface area contributed by atoms with Gasteiger partial charge in [0.15, 0.2) is 0 Å². The Morgan fingerprint density at radius 3 is 2.77 bits per heavy atom. The summed E-state index contributed by atoms with van der Waals surface area (Å²) in [6, 6.07) is 0. The van der Waals surface area contributed by atoms with Crippen LogP contribution in [0.1, 0.15) is 45.4 Å². The van der Waals surface area contributed by atoms with Crippen molar-refractivity contribution in [2.24, 2.45) is 5.92 Å². The monoisotopic (exact) mass is 202 g/mol. The minimum absolute atomic E-state index is 0.0142. The second-order valence-corrected chi connectivity index (χ2v) is 5.34. The maximum absolute atomic E-state index is 9.72. The molecular weight excluding hydrogens is 180 g/mol. The average Bonchev–Trinajstić information content (AvgIpc) is 2.15. The van der Waals surface area contributed by atoms with Gasteiger partial charge in [0, 0.05) is 0 Å². The molecule has 2 unspecified atom stereocenters. The van der Waals surface area contributed by atoms with Crippen molar-refractivity contribution in [1.82, 2.24) is 0 Å². The van der Waals surface area contributed by atoms with Gasteiger partial charge in [0.25, 0.3) is 0 Å². The molecule has 0 aromatic carbocycles. The van der Waals surface area contributed by atoms with E-state index >= 15 is 0 Å². The topological polar surface area (TPSA) is 20.2 Å². The number of aliphatic hydroxyl groups is 1. The van der Waals surface area contributed by atoms with Crippen LogP contribution in [0.2, 0.25) is 0 Å². The van der Waals surface area contributed by atoms with Gasteiger partial charge in [-0.15, -0.1) is 0 Å². The molecule has 1 aliphatic carbocycles.